The van der Waals surface area contributed by atoms with E-state index in [1.54, 1.807) is 0 Å². The van der Waals surface area contributed by atoms with Gasteiger partial charge in [-0.1, -0.05) is 40.5 Å². The van der Waals surface area contributed by atoms with Crippen LogP contribution >= 0.6 is 0 Å². The molecule has 0 aliphatic rings. The van der Waals surface area contributed by atoms with Crippen molar-refractivity contribution >= 4 is 8.96 Å². The fourth-order valence-corrected chi connectivity index (χ4v) is 4.28. The molecule has 0 aromatic rings. The maximum atomic E-state index is 3.70. The molecule has 0 saturated heterocycles. The maximum Gasteiger partial charge on any atom is 0.112 e. The van der Waals surface area contributed by atoms with Gasteiger partial charge in [-0.25, -0.2) is 0 Å². The van der Waals surface area contributed by atoms with E-state index in [4.69, 9.17) is 0 Å². The molecule has 13 heavy (non-hydrogen) atoms. The molecule has 0 aromatic carbocycles. The van der Waals surface area contributed by atoms with Crippen molar-refractivity contribution in [2.24, 2.45) is 0 Å². The van der Waals surface area contributed by atoms with Crippen LogP contribution in [0, 0.1) is 0 Å². The molecule has 80 valence electrons. The van der Waals surface area contributed by atoms with Gasteiger partial charge in [-0.2, -0.15) is 0 Å². The minimum absolute atomic E-state index is 0.672. The van der Waals surface area contributed by atoms with Crippen molar-refractivity contribution in [3.05, 3.63) is 0 Å². The van der Waals surface area contributed by atoms with Crippen LogP contribution < -0.4 is 10.3 Å². The van der Waals surface area contributed by atoms with Crippen molar-refractivity contribution in [2.45, 2.75) is 52.1 Å². The largest absolute Gasteiger partial charge is 0.327 e. The first-order valence-corrected chi connectivity index (χ1v) is 7.76. The second kappa shape index (κ2) is 8.72. The Kier molecular flexibility index (Phi) is 8.81. The van der Waals surface area contributed by atoms with Crippen LogP contribution in [0.4, 0.5) is 0 Å². The Morgan fingerprint density at radius 2 is 1.92 bits per heavy atom. The Hall–Kier alpha value is 0.137. The van der Waals surface area contributed by atoms with Gasteiger partial charge in [-0.05, 0) is 18.1 Å². The normalized spacial score (nSPS) is 15.7. The monoisotopic (exact) mass is 202 g/mol. The van der Waals surface area contributed by atoms with Crippen LogP contribution in [0.1, 0.15) is 40.5 Å². The van der Waals surface area contributed by atoms with E-state index in [0.717, 1.165) is 18.8 Å². The van der Waals surface area contributed by atoms with Gasteiger partial charge in [0.1, 0.15) is 8.96 Å². The van der Waals surface area contributed by atoms with Gasteiger partial charge in [0.15, 0.2) is 0 Å². The summed E-state index contributed by atoms with van der Waals surface area (Å²) in [5, 5.41) is 3.34. The minimum Gasteiger partial charge on any atom is -0.327 e. The van der Waals surface area contributed by atoms with Crippen molar-refractivity contribution in [3.63, 3.8) is 0 Å². The Balaban J connectivity index is 3.65. The zero-order valence-electron chi connectivity index (χ0n) is 9.69. The molecule has 0 bridgehead atoms. The Labute approximate surface area is 85.2 Å². The molecule has 0 rings (SSSR count). The lowest BCUT2D eigenvalue weighted by Crippen LogP contribution is -2.42. The van der Waals surface area contributed by atoms with Gasteiger partial charge in [0.05, 0.1) is 0 Å². The molecule has 3 heteroatoms. The molecule has 0 spiro atoms. The molecule has 0 aliphatic heterocycles. The zero-order chi connectivity index (χ0) is 10.1. The van der Waals surface area contributed by atoms with Gasteiger partial charge in [0.2, 0.25) is 0 Å². The summed E-state index contributed by atoms with van der Waals surface area (Å²) in [5.41, 5.74) is 0.929. The van der Waals surface area contributed by atoms with Crippen LogP contribution in [0.15, 0.2) is 0 Å². The van der Waals surface area contributed by atoms with Crippen molar-refractivity contribution in [2.75, 3.05) is 13.2 Å². The van der Waals surface area contributed by atoms with Gasteiger partial charge >= 0.3 is 0 Å². The van der Waals surface area contributed by atoms with Crippen LogP contribution in [0.25, 0.3) is 0 Å². The molecule has 2 atom stereocenters. The highest BCUT2D eigenvalue weighted by atomic mass is 28.3. The lowest BCUT2D eigenvalue weighted by atomic mass is 10.4. The maximum absolute atomic E-state index is 3.70. The van der Waals surface area contributed by atoms with Crippen LogP contribution in [0.5, 0.6) is 0 Å². The third-order valence-corrected chi connectivity index (χ3v) is 6.44. The second-order valence-corrected chi connectivity index (χ2v) is 7.10. The van der Waals surface area contributed by atoms with Gasteiger partial charge in [-0.3, -0.25) is 0 Å². The average Bonchev–Trinajstić information content (AvgIpc) is 2.16. The van der Waals surface area contributed by atoms with E-state index < -0.39 is 8.96 Å². The quantitative estimate of drug-likeness (QED) is 0.358. The van der Waals surface area contributed by atoms with Crippen LogP contribution in [0.3, 0.4) is 0 Å². The smallest absolute Gasteiger partial charge is 0.112 e. The van der Waals surface area contributed by atoms with E-state index >= 15 is 0 Å². The van der Waals surface area contributed by atoms with Crippen LogP contribution in [-0.2, 0) is 0 Å². The van der Waals surface area contributed by atoms with Gasteiger partial charge in [-0.15, -0.1) is 0 Å². The number of hydrogen-bond donors (Lipinski definition) is 2. The van der Waals surface area contributed by atoms with E-state index in [1.165, 1.54) is 18.9 Å². The van der Waals surface area contributed by atoms with E-state index in [0.29, 0.717) is 0 Å². The fourth-order valence-electron chi connectivity index (χ4n) is 1.51. The summed E-state index contributed by atoms with van der Waals surface area (Å²) in [5.74, 6) is 0. The minimum atomic E-state index is -0.672. The Bertz CT molecular complexity index is 109. The highest BCUT2D eigenvalue weighted by molar-refractivity contribution is 6.57. The molecule has 2 unspecified atom stereocenters. The second-order valence-electron chi connectivity index (χ2n) is 3.77. The predicted octanol–water partition coefficient (Wildman–Crippen LogP) is 2.08. The number of hydrogen-bond acceptors (Lipinski definition) is 2. The molecule has 0 fully saturated rings. The SMILES string of the molecule is CCC[SiH](NCNCC)C(C)CC. The van der Waals surface area contributed by atoms with Crippen molar-refractivity contribution in [1.82, 2.24) is 10.3 Å². The first kappa shape index (κ1) is 13.1. The Morgan fingerprint density at radius 3 is 2.38 bits per heavy atom. The van der Waals surface area contributed by atoms with Crippen molar-refractivity contribution < 1.29 is 0 Å². The molecule has 0 amide bonds. The zero-order valence-corrected chi connectivity index (χ0v) is 10.8. The molecule has 0 aliphatic carbocycles. The van der Waals surface area contributed by atoms with Crippen molar-refractivity contribution in [3.8, 4) is 0 Å². The molecular formula is C10H26N2Si. The van der Waals surface area contributed by atoms with Crippen molar-refractivity contribution in [1.29, 1.82) is 0 Å². The average molecular weight is 202 g/mol. The van der Waals surface area contributed by atoms with E-state index in [-0.39, 0.29) is 0 Å². The van der Waals surface area contributed by atoms with E-state index in [9.17, 15) is 0 Å². The third kappa shape index (κ3) is 6.24. The van der Waals surface area contributed by atoms with Crippen LogP contribution in [-0.4, -0.2) is 22.2 Å². The number of rotatable bonds is 8. The van der Waals surface area contributed by atoms with E-state index in [2.05, 4.69) is 38.0 Å². The first-order chi connectivity index (χ1) is 6.26. The summed E-state index contributed by atoms with van der Waals surface area (Å²) in [4.78, 5) is 3.70. The van der Waals surface area contributed by atoms with Gasteiger partial charge in [0, 0.05) is 6.67 Å². The number of nitrogens with one attached hydrogen (secondary N) is 2. The van der Waals surface area contributed by atoms with Gasteiger partial charge < -0.3 is 10.3 Å². The predicted molar refractivity (Wildman–Crippen MR) is 63.6 cm³/mol. The summed E-state index contributed by atoms with van der Waals surface area (Å²) < 4.78 is 0. The summed E-state index contributed by atoms with van der Waals surface area (Å²) in [7, 11) is -0.672. The molecule has 2 N–H and O–H groups in total. The summed E-state index contributed by atoms with van der Waals surface area (Å²) in [6.07, 6.45) is 2.66. The highest BCUT2D eigenvalue weighted by Crippen LogP contribution is 2.15. The third-order valence-electron chi connectivity index (χ3n) is 2.67. The molecule has 0 radical (unpaired) electrons. The highest BCUT2D eigenvalue weighted by Gasteiger charge is 2.15. The lowest BCUT2D eigenvalue weighted by Gasteiger charge is -2.22. The standard InChI is InChI=1S/C10H26N2Si/c1-5-8-13(10(4)6-2)12-9-11-7-3/h10-13H,5-9H2,1-4H3. The summed E-state index contributed by atoms with van der Waals surface area (Å²) in [6, 6.07) is 1.43. The lowest BCUT2D eigenvalue weighted by molar-refractivity contribution is 0.680. The molecule has 2 nitrogen and oxygen atoms in total. The Morgan fingerprint density at radius 1 is 1.23 bits per heavy atom. The van der Waals surface area contributed by atoms with E-state index in [1.807, 2.05) is 0 Å². The first-order valence-electron chi connectivity index (χ1n) is 5.70. The topological polar surface area (TPSA) is 24.1 Å². The molecule has 0 aromatic heterocycles. The molecule has 0 saturated carbocycles. The summed E-state index contributed by atoms with van der Waals surface area (Å²) >= 11 is 0. The van der Waals surface area contributed by atoms with Crippen LogP contribution in [0.2, 0.25) is 11.6 Å². The molecule has 0 heterocycles. The fraction of sp³-hybridized carbons (Fsp3) is 1.00. The molecular weight excluding hydrogens is 176 g/mol. The van der Waals surface area contributed by atoms with Gasteiger partial charge in [0.25, 0.3) is 0 Å². The summed E-state index contributed by atoms with van der Waals surface area (Å²) in [6.45, 7) is 11.2.